The van der Waals surface area contributed by atoms with Crippen molar-refractivity contribution >= 4 is 46.5 Å². The van der Waals surface area contributed by atoms with Gasteiger partial charge < -0.3 is 39.7 Å². The van der Waals surface area contributed by atoms with Crippen molar-refractivity contribution in [2.24, 2.45) is 10.9 Å². The van der Waals surface area contributed by atoms with Gasteiger partial charge in [-0.1, -0.05) is 5.16 Å². The molecule has 15 heteroatoms. The number of hydrogen-bond acceptors (Lipinski definition) is 11. The van der Waals surface area contributed by atoms with Gasteiger partial charge in [-0.3, -0.25) is 19.3 Å². The van der Waals surface area contributed by atoms with Crippen LogP contribution in [0.15, 0.2) is 39.2 Å². The molecule has 3 amide bonds. The summed E-state index contributed by atoms with van der Waals surface area (Å²) in [6.45, 7) is 2.26. The monoisotopic (exact) mass is 510 g/mol. The molecule has 0 aromatic carbocycles. The van der Waals surface area contributed by atoms with Gasteiger partial charge in [-0.15, -0.1) is 0 Å². The minimum atomic E-state index is -1.68. The molecule has 0 bridgehead atoms. The summed E-state index contributed by atoms with van der Waals surface area (Å²) in [5, 5.41) is 17.2. The number of carbonyl (C=O) groups excluding carboxylic acids is 5. The molecule has 3 heterocycles. The highest BCUT2D eigenvalue weighted by atomic mass is 32.2. The van der Waals surface area contributed by atoms with Crippen molar-refractivity contribution < 1.29 is 47.8 Å². The van der Waals surface area contributed by atoms with Crippen LogP contribution in [0.2, 0.25) is 0 Å². The van der Waals surface area contributed by atoms with Gasteiger partial charge in [0.25, 0.3) is 17.3 Å². The predicted molar refractivity (Wildman–Crippen MR) is 116 cm³/mol. The standard InChI is InChI=1S/C20H22N4O10S/c1-9(25)34-10(2)35-8-11(7-33-20(21)30)15(19(28)29)24-17(27)14(18(24)35)22-16(26)13(23-31-3)12-5-4-6-32-12/h4-6,10,14,18H,7-8H2,1-3H3,(H3-,21,22,26,28,29,30)/b23-13-/t10?,14?,18-,35?/m1/s1. The van der Waals surface area contributed by atoms with Gasteiger partial charge in [0.05, 0.1) is 28.8 Å². The number of nitrogens with two attached hydrogens (primary N) is 1. The van der Waals surface area contributed by atoms with E-state index in [2.05, 4.69) is 10.5 Å². The van der Waals surface area contributed by atoms with Gasteiger partial charge in [-0.2, -0.15) is 0 Å². The number of rotatable bonds is 9. The lowest BCUT2D eigenvalue weighted by Crippen LogP contribution is -2.76. The smallest absolute Gasteiger partial charge is 0.404 e. The number of ether oxygens (including phenoxy) is 2. The Kier molecular flexibility index (Phi) is 7.68. The van der Waals surface area contributed by atoms with E-state index in [1.165, 1.54) is 32.4 Å². The summed E-state index contributed by atoms with van der Waals surface area (Å²) < 4.78 is 15.2. The summed E-state index contributed by atoms with van der Waals surface area (Å²) in [5.41, 5.74) is 3.52. The molecule has 3 unspecified atom stereocenters. The third-order valence-electron chi connectivity index (χ3n) is 5.05. The van der Waals surface area contributed by atoms with Crippen molar-refractivity contribution in [2.45, 2.75) is 30.7 Å². The topological polar surface area (TPSA) is 203 Å². The van der Waals surface area contributed by atoms with E-state index >= 15 is 0 Å². The van der Waals surface area contributed by atoms with Crippen molar-refractivity contribution in [3.63, 3.8) is 0 Å². The lowest BCUT2D eigenvalue weighted by molar-refractivity contribution is -0.301. The van der Waals surface area contributed by atoms with Crippen molar-refractivity contribution in [3.05, 3.63) is 35.4 Å². The fraction of sp³-hybridized carbons (Fsp3) is 0.400. The molecule has 1 aromatic rings. The number of nitrogens with zero attached hydrogens (tertiary/aromatic N) is 2. The number of carbonyl (C=O) groups is 5. The van der Waals surface area contributed by atoms with Crippen molar-refractivity contribution in [1.29, 1.82) is 0 Å². The fourth-order valence-corrected chi connectivity index (χ4v) is 6.40. The Labute approximate surface area is 201 Å². The second-order valence-electron chi connectivity index (χ2n) is 7.29. The number of hydrogen-bond donors (Lipinski definition) is 2. The van der Waals surface area contributed by atoms with E-state index in [1.54, 1.807) is 6.92 Å². The zero-order chi connectivity index (χ0) is 25.9. The summed E-state index contributed by atoms with van der Waals surface area (Å²) in [5.74, 6) is -3.81. The van der Waals surface area contributed by atoms with Crippen LogP contribution in [-0.4, -0.2) is 76.8 Å². The van der Waals surface area contributed by atoms with Crippen molar-refractivity contribution in [2.75, 3.05) is 19.5 Å². The molecule has 4 atom stereocenters. The van der Waals surface area contributed by atoms with E-state index in [4.69, 9.17) is 24.5 Å². The molecule has 2 aliphatic rings. The van der Waals surface area contributed by atoms with Crippen LogP contribution in [-0.2, 0) is 44.4 Å². The van der Waals surface area contributed by atoms with Crippen LogP contribution in [0, 0.1) is 0 Å². The molecule has 35 heavy (non-hydrogen) atoms. The third kappa shape index (κ3) is 5.24. The lowest BCUT2D eigenvalue weighted by Gasteiger charge is -2.49. The quantitative estimate of drug-likeness (QED) is 0.122. The first-order chi connectivity index (χ1) is 16.6. The van der Waals surface area contributed by atoms with Gasteiger partial charge in [-0.25, -0.2) is 4.79 Å². The largest absolute Gasteiger partial charge is 0.543 e. The molecule has 1 aromatic heterocycles. The van der Waals surface area contributed by atoms with E-state index in [-0.39, 0.29) is 22.8 Å². The number of carboxylic acids is 1. The van der Waals surface area contributed by atoms with E-state index in [1.807, 2.05) is 0 Å². The molecule has 0 saturated carbocycles. The van der Waals surface area contributed by atoms with Crippen LogP contribution in [0.5, 0.6) is 0 Å². The molecule has 188 valence electrons. The Morgan fingerprint density at radius 3 is 2.66 bits per heavy atom. The molecule has 3 N–H and O–H groups in total. The molecule has 0 spiro atoms. The highest BCUT2D eigenvalue weighted by Crippen LogP contribution is 2.39. The zero-order valence-electron chi connectivity index (χ0n) is 18.8. The summed E-state index contributed by atoms with van der Waals surface area (Å²) in [7, 11) is 0.191. The number of fused-ring (bicyclic) bond motifs is 1. The Morgan fingerprint density at radius 1 is 1.40 bits per heavy atom. The van der Waals surface area contributed by atoms with Crippen LogP contribution < -0.4 is 16.2 Å². The number of β-lactam (4-membered cyclic amide) rings is 1. The Hall–Kier alpha value is -4.01. The van der Waals surface area contributed by atoms with Gasteiger partial charge >= 0.3 is 12.1 Å². The maximum atomic E-state index is 13.0. The minimum Gasteiger partial charge on any atom is -0.543 e. The first-order valence-corrected chi connectivity index (χ1v) is 11.6. The van der Waals surface area contributed by atoms with Gasteiger partial charge in [-0.05, 0) is 12.1 Å². The predicted octanol–water partition coefficient (Wildman–Crippen LogP) is -2.08. The maximum absolute atomic E-state index is 13.0. The molecule has 3 rings (SSSR count). The van der Waals surface area contributed by atoms with E-state index in [9.17, 15) is 29.1 Å². The summed E-state index contributed by atoms with van der Waals surface area (Å²) in [4.78, 5) is 66.2. The number of nitrogens with one attached hydrogen (secondary N) is 1. The SMILES string of the molecule is CO/N=C(\C(=O)NC1C(=O)N2C(C(=O)[O-])=C(COC(N)=O)C[S+](C(C)OC(C)=O)[C@H]12)c1ccco1. The highest BCUT2D eigenvalue weighted by Gasteiger charge is 2.64. The van der Waals surface area contributed by atoms with Crippen LogP contribution in [0.3, 0.4) is 0 Å². The Bertz CT molecular complexity index is 1100. The summed E-state index contributed by atoms with van der Waals surface area (Å²) >= 11 is 0. The highest BCUT2D eigenvalue weighted by molar-refractivity contribution is 7.98. The molecule has 14 nitrogen and oxygen atoms in total. The number of carboxylic acid groups (broad SMARTS) is 1. The molecular formula is C20H22N4O10S. The van der Waals surface area contributed by atoms with Crippen LogP contribution in [0.1, 0.15) is 19.6 Å². The molecule has 1 fully saturated rings. The summed E-state index contributed by atoms with van der Waals surface area (Å²) in [6.07, 6.45) is 0.170. The van der Waals surface area contributed by atoms with Crippen molar-refractivity contribution in [1.82, 2.24) is 10.2 Å². The number of amides is 3. The number of oxime groups is 1. The number of aliphatic carboxylic acids is 1. The van der Waals surface area contributed by atoms with Gasteiger partial charge in [0.1, 0.15) is 19.5 Å². The van der Waals surface area contributed by atoms with Gasteiger partial charge in [0, 0.05) is 19.4 Å². The normalized spacial score (nSPS) is 22.5. The average molecular weight is 510 g/mol. The third-order valence-corrected chi connectivity index (χ3v) is 7.78. The maximum Gasteiger partial charge on any atom is 0.404 e. The summed E-state index contributed by atoms with van der Waals surface area (Å²) in [6, 6.07) is 1.80. The van der Waals surface area contributed by atoms with E-state index in [0.29, 0.717) is 0 Å². The molecule has 2 aliphatic heterocycles. The van der Waals surface area contributed by atoms with Crippen LogP contribution >= 0.6 is 0 Å². The molecule has 1 saturated heterocycles. The first-order valence-electron chi connectivity index (χ1n) is 10.1. The van der Waals surface area contributed by atoms with Crippen LogP contribution in [0.4, 0.5) is 4.79 Å². The Morgan fingerprint density at radius 2 is 2.11 bits per heavy atom. The lowest BCUT2D eigenvalue weighted by atomic mass is 10.0. The number of furan rings is 1. The molecule has 0 aliphatic carbocycles. The average Bonchev–Trinajstić information content (AvgIpc) is 3.32. The molecular weight excluding hydrogens is 488 g/mol. The Balaban J connectivity index is 1.95. The van der Waals surface area contributed by atoms with Gasteiger partial charge in [0.2, 0.25) is 11.1 Å². The number of primary amides is 1. The minimum absolute atomic E-state index is 0.0247. The molecule has 0 radical (unpaired) electrons. The number of esters is 1. The first kappa shape index (κ1) is 25.6. The van der Waals surface area contributed by atoms with E-state index in [0.717, 1.165) is 4.90 Å². The second kappa shape index (κ2) is 10.5. The van der Waals surface area contributed by atoms with Gasteiger partial charge in [0.15, 0.2) is 11.8 Å². The zero-order valence-corrected chi connectivity index (χ0v) is 19.7. The second-order valence-corrected chi connectivity index (χ2v) is 9.66. The van der Waals surface area contributed by atoms with Crippen LogP contribution in [0.25, 0.3) is 0 Å². The fourth-order valence-electron chi connectivity index (χ4n) is 3.70. The van der Waals surface area contributed by atoms with Crippen molar-refractivity contribution in [3.8, 4) is 0 Å². The van der Waals surface area contributed by atoms with E-state index < -0.39 is 69.9 Å².